The lowest BCUT2D eigenvalue weighted by Gasteiger charge is -2.04. The van der Waals surface area contributed by atoms with Crippen LogP contribution in [0.1, 0.15) is 11.4 Å². The van der Waals surface area contributed by atoms with E-state index >= 15 is 0 Å². The third kappa shape index (κ3) is 2.98. The van der Waals surface area contributed by atoms with Crippen LogP contribution in [-0.2, 0) is 19.4 Å². The van der Waals surface area contributed by atoms with Gasteiger partial charge < -0.3 is 9.67 Å². The molecular formula is C11H11Cl2N3OS. The molecule has 0 atom stereocenters. The van der Waals surface area contributed by atoms with Crippen LogP contribution in [0, 0.1) is 0 Å². The lowest BCUT2D eigenvalue weighted by molar-refractivity contribution is 0.266. The van der Waals surface area contributed by atoms with Crippen molar-refractivity contribution in [3.8, 4) is 0 Å². The maximum atomic E-state index is 9.02. The topological polar surface area (TPSA) is 50.9 Å². The van der Waals surface area contributed by atoms with Crippen LogP contribution < -0.4 is 0 Å². The van der Waals surface area contributed by atoms with Gasteiger partial charge in [-0.05, 0) is 17.7 Å². The number of halogens is 2. The molecule has 0 amide bonds. The Kier molecular flexibility index (Phi) is 4.50. The number of nitrogens with zero attached hydrogens (tertiary/aromatic N) is 3. The number of benzene rings is 1. The van der Waals surface area contributed by atoms with Crippen LogP contribution in [0.4, 0.5) is 0 Å². The van der Waals surface area contributed by atoms with Crippen LogP contribution >= 0.6 is 35.0 Å². The number of aromatic nitrogens is 3. The zero-order chi connectivity index (χ0) is 13.1. The van der Waals surface area contributed by atoms with E-state index in [4.69, 9.17) is 28.3 Å². The highest BCUT2D eigenvalue weighted by atomic mass is 35.5. The second kappa shape index (κ2) is 5.93. The minimum absolute atomic E-state index is 0.119. The Morgan fingerprint density at radius 1 is 1.33 bits per heavy atom. The van der Waals surface area contributed by atoms with Gasteiger partial charge in [-0.25, -0.2) is 0 Å². The molecule has 0 unspecified atom stereocenters. The van der Waals surface area contributed by atoms with Gasteiger partial charge in [-0.15, -0.1) is 10.2 Å². The van der Waals surface area contributed by atoms with Crippen molar-refractivity contribution >= 4 is 35.0 Å². The summed E-state index contributed by atoms with van der Waals surface area (Å²) in [5, 5.41) is 18.9. The Labute approximate surface area is 119 Å². The summed E-state index contributed by atoms with van der Waals surface area (Å²) in [6.45, 7) is -0.119. The SMILES string of the molecule is Cn1c(CO)nnc1SCc1ccc(Cl)cc1Cl. The fourth-order valence-electron chi connectivity index (χ4n) is 1.39. The smallest absolute Gasteiger partial charge is 0.191 e. The summed E-state index contributed by atoms with van der Waals surface area (Å²) in [5.41, 5.74) is 0.986. The molecule has 0 bridgehead atoms. The summed E-state index contributed by atoms with van der Waals surface area (Å²) in [5.74, 6) is 1.22. The number of thioether (sulfide) groups is 1. The molecule has 2 aromatic rings. The Balaban J connectivity index is 2.09. The Bertz CT molecular complexity index is 559. The first kappa shape index (κ1) is 13.7. The van der Waals surface area contributed by atoms with E-state index in [2.05, 4.69) is 10.2 Å². The summed E-state index contributed by atoms with van der Waals surface area (Å²) in [6.07, 6.45) is 0. The zero-order valence-electron chi connectivity index (χ0n) is 9.60. The van der Waals surface area contributed by atoms with Crippen molar-refractivity contribution in [3.05, 3.63) is 39.6 Å². The summed E-state index contributed by atoms with van der Waals surface area (Å²) < 4.78 is 1.76. The van der Waals surface area contributed by atoms with Gasteiger partial charge in [0.1, 0.15) is 6.61 Å². The molecule has 0 fully saturated rings. The molecule has 2 rings (SSSR count). The molecule has 0 aliphatic carbocycles. The average molecular weight is 304 g/mol. The lowest BCUT2D eigenvalue weighted by Crippen LogP contribution is -1.98. The van der Waals surface area contributed by atoms with Crippen molar-refractivity contribution in [2.45, 2.75) is 17.5 Å². The molecule has 7 heteroatoms. The Hall–Kier alpha value is -0.750. The van der Waals surface area contributed by atoms with Gasteiger partial charge in [0, 0.05) is 22.8 Å². The van der Waals surface area contributed by atoms with Crippen molar-refractivity contribution in [2.75, 3.05) is 0 Å². The summed E-state index contributed by atoms with van der Waals surface area (Å²) in [4.78, 5) is 0. The Morgan fingerprint density at radius 2 is 2.11 bits per heavy atom. The third-order valence-corrected chi connectivity index (χ3v) is 4.09. The standard InChI is InChI=1S/C11H11Cl2N3OS/c1-16-10(5-17)14-15-11(16)18-6-7-2-3-8(12)4-9(7)13/h2-4,17H,5-6H2,1H3. The van der Waals surface area contributed by atoms with Crippen molar-refractivity contribution in [2.24, 2.45) is 7.05 Å². The second-order valence-electron chi connectivity index (χ2n) is 3.64. The van der Waals surface area contributed by atoms with E-state index in [1.807, 2.05) is 13.1 Å². The lowest BCUT2D eigenvalue weighted by atomic mass is 10.2. The van der Waals surface area contributed by atoms with Crippen molar-refractivity contribution in [3.63, 3.8) is 0 Å². The van der Waals surface area contributed by atoms with Gasteiger partial charge in [0.25, 0.3) is 0 Å². The first-order chi connectivity index (χ1) is 8.61. The molecule has 18 heavy (non-hydrogen) atoms. The molecule has 0 saturated carbocycles. The van der Waals surface area contributed by atoms with Crippen LogP contribution in [0.2, 0.25) is 10.0 Å². The molecule has 1 heterocycles. The third-order valence-electron chi connectivity index (χ3n) is 2.44. The van der Waals surface area contributed by atoms with E-state index in [0.29, 0.717) is 21.6 Å². The van der Waals surface area contributed by atoms with Gasteiger partial charge in [-0.1, -0.05) is 41.0 Å². The molecule has 1 aromatic heterocycles. The van der Waals surface area contributed by atoms with Crippen molar-refractivity contribution in [1.29, 1.82) is 0 Å². The minimum atomic E-state index is -0.119. The minimum Gasteiger partial charge on any atom is -0.388 e. The molecular weight excluding hydrogens is 293 g/mol. The quantitative estimate of drug-likeness (QED) is 0.882. The monoisotopic (exact) mass is 303 g/mol. The zero-order valence-corrected chi connectivity index (χ0v) is 11.9. The summed E-state index contributed by atoms with van der Waals surface area (Å²) in [7, 11) is 1.82. The summed E-state index contributed by atoms with van der Waals surface area (Å²) >= 11 is 13.4. The van der Waals surface area contributed by atoms with E-state index in [1.54, 1.807) is 16.7 Å². The summed E-state index contributed by atoms with van der Waals surface area (Å²) in [6, 6.07) is 5.41. The average Bonchev–Trinajstić information content (AvgIpc) is 2.69. The highest BCUT2D eigenvalue weighted by Crippen LogP contribution is 2.27. The number of aliphatic hydroxyl groups excluding tert-OH is 1. The van der Waals surface area contributed by atoms with E-state index in [1.165, 1.54) is 11.8 Å². The first-order valence-electron chi connectivity index (χ1n) is 5.17. The van der Waals surface area contributed by atoms with E-state index in [-0.39, 0.29) is 6.61 Å². The van der Waals surface area contributed by atoms with Crippen LogP contribution in [0.25, 0.3) is 0 Å². The predicted octanol–water partition coefficient (Wildman–Crippen LogP) is 2.91. The molecule has 0 aliphatic heterocycles. The first-order valence-corrected chi connectivity index (χ1v) is 6.92. The van der Waals surface area contributed by atoms with E-state index in [0.717, 1.165) is 10.7 Å². The number of rotatable bonds is 4. The largest absolute Gasteiger partial charge is 0.388 e. The van der Waals surface area contributed by atoms with Crippen molar-refractivity contribution in [1.82, 2.24) is 14.8 Å². The van der Waals surface area contributed by atoms with Gasteiger partial charge >= 0.3 is 0 Å². The number of hydrogen-bond acceptors (Lipinski definition) is 4. The molecule has 1 N–H and O–H groups in total. The highest BCUT2D eigenvalue weighted by molar-refractivity contribution is 7.98. The van der Waals surface area contributed by atoms with Gasteiger partial charge in [-0.3, -0.25) is 0 Å². The maximum absolute atomic E-state index is 9.02. The Morgan fingerprint density at radius 3 is 2.72 bits per heavy atom. The molecule has 0 saturated heterocycles. The molecule has 0 aliphatic rings. The fraction of sp³-hybridized carbons (Fsp3) is 0.273. The second-order valence-corrected chi connectivity index (χ2v) is 5.43. The highest BCUT2D eigenvalue weighted by Gasteiger charge is 2.09. The van der Waals surface area contributed by atoms with E-state index < -0.39 is 0 Å². The fourth-order valence-corrected chi connectivity index (χ4v) is 2.88. The molecule has 4 nitrogen and oxygen atoms in total. The van der Waals surface area contributed by atoms with Gasteiger partial charge in [0.15, 0.2) is 11.0 Å². The molecule has 0 radical (unpaired) electrons. The molecule has 96 valence electrons. The van der Waals surface area contributed by atoms with Crippen LogP contribution in [0.5, 0.6) is 0 Å². The maximum Gasteiger partial charge on any atom is 0.191 e. The van der Waals surface area contributed by atoms with Gasteiger partial charge in [-0.2, -0.15) is 0 Å². The van der Waals surface area contributed by atoms with Gasteiger partial charge in [0.05, 0.1) is 0 Å². The number of hydrogen-bond donors (Lipinski definition) is 1. The normalized spacial score (nSPS) is 10.9. The van der Waals surface area contributed by atoms with Crippen LogP contribution in [0.3, 0.4) is 0 Å². The van der Waals surface area contributed by atoms with Gasteiger partial charge in [0.2, 0.25) is 0 Å². The predicted molar refractivity (Wildman–Crippen MR) is 72.9 cm³/mol. The molecule has 0 spiro atoms. The van der Waals surface area contributed by atoms with Crippen molar-refractivity contribution < 1.29 is 5.11 Å². The molecule has 1 aromatic carbocycles. The number of aliphatic hydroxyl groups is 1. The van der Waals surface area contributed by atoms with E-state index in [9.17, 15) is 0 Å². The van der Waals surface area contributed by atoms with Crippen LogP contribution in [-0.4, -0.2) is 19.9 Å². The van der Waals surface area contributed by atoms with Crippen LogP contribution in [0.15, 0.2) is 23.4 Å².